The number of carbonyl (C=O) groups is 1. The summed E-state index contributed by atoms with van der Waals surface area (Å²) in [5.74, 6) is -0.149. The van der Waals surface area contributed by atoms with Crippen LogP contribution in [-0.4, -0.2) is 20.9 Å². The van der Waals surface area contributed by atoms with E-state index in [4.69, 9.17) is 0 Å². The van der Waals surface area contributed by atoms with Gasteiger partial charge in [-0.1, -0.05) is 45.4 Å². The number of anilines is 1. The minimum atomic E-state index is -0.149. The molecule has 1 aromatic heterocycles. The zero-order valence-corrected chi connectivity index (χ0v) is 16.7. The molecule has 6 heteroatoms. The number of rotatable bonds is 4. The molecule has 0 aliphatic carbocycles. The highest BCUT2D eigenvalue weighted by Crippen LogP contribution is 2.23. The van der Waals surface area contributed by atoms with Crippen LogP contribution in [0.3, 0.4) is 0 Å². The van der Waals surface area contributed by atoms with Crippen LogP contribution >= 0.6 is 15.9 Å². The number of halogens is 1. The third-order valence-electron chi connectivity index (χ3n) is 4.34. The summed E-state index contributed by atoms with van der Waals surface area (Å²) in [6, 6.07) is 23.0. The van der Waals surface area contributed by atoms with Gasteiger partial charge < -0.3 is 5.32 Å². The number of carbonyl (C=O) groups excluding carboxylic acids is 1. The normalized spacial score (nSPS) is 10.6. The first-order valence-electron chi connectivity index (χ1n) is 8.75. The summed E-state index contributed by atoms with van der Waals surface area (Å²) < 4.78 is 2.77. The van der Waals surface area contributed by atoms with E-state index in [-0.39, 0.29) is 5.91 Å². The summed E-state index contributed by atoms with van der Waals surface area (Å²) in [6.45, 7) is 1.99. The van der Waals surface area contributed by atoms with E-state index < -0.39 is 0 Å². The molecule has 0 radical (unpaired) electrons. The fraction of sp³-hybridized carbons (Fsp3) is 0.0455. The maximum Gasteiger partial charge on any atom is 0.255 e. The van der Waals surface area contributed by atoms with Crippen molar-refractivity contribution in [3.05, 3.63) is 94.6 Å². The maximum atomic E-state index is 12.5. The Morgan fingerprint density at radius 2 is 1.75 bits per heavy atom. The first-order valence-corrected chi connectivity index (χ1v) is 9.54. The molecule has 0 saturated carbocycles. The van der Waals surface area contributed by atoms with Gasteiger partial charge in [0.1, 0.15) is 0 Å². The molecule has 4 rings (SSSR count). The Labute approximate surface area is 171 Å². The van der Waals surface area contributed by atoms with Crippen molar-refractivity contribution in [2.75, 3.05) is 5.32 Å². The number of nitrogens with zero attached hydrogens (tertiary/aromatic N) is 3. The van der Waals surface area contributed by atoms with Gasteiger partial charge in [-0.15, -0.1) is 5.10 Å². The van der Waals surface area contributed by atoms with Crippen molar-refractivity contribution < 1.29 is 4.79 Å². The Morgan fingerprint density at radius 1 is 1.00 bits per heavy atom. The largest absolute Gasteiger partial charge is 0.322 e. The third-order valence-corrected chi connectivity index (χ3v) is 4.87. The summed E-state index contributed by atoms with van der Waals surface area (Å²) in [5.41, 5.74) is 5.18. The van der Waals surface area contributed by atoms with Crippen molar-refractivity contribution in [3.63, 3.8) is 0 Å². The molecular weight excluding hydrogens is 416 g/mol. The predicted octanol–water partition coefficient (Wildman–Crippen LogP) is 5.26. The standard InChI is InChI=1S/C22H17BrN4O/c1-15-3-2-4-19(13-15)25-22(28)17-7-11-20(12-8-17)27-21(14-24-26-27)16-5-9-18(23)10-6-16/h2-14H,1H3,(H,25,28). The van der Waals surface area contributed by atoms with Gasteiger partial charge in [-0.3, -0.25) is 4.79 Å². The van der Waals surface area contributed by atoms with E-state index in [1.807, 2.05) is 67.6 Å². The second-order valence-corrected chi connectivity index (χ2v) is 7.32. The number of benzene rings is 3. The van der Waals surface area contributed by atoms with Crippen LogP contribution < -0.4 is 5.32 Å². The Hall–Kier alpha value is -3.25. The molecular formula is C22H17BrN4O. The van der Waals surface area contributed by atoms with Gasteiger partial charge in [0.25, 0.3) is 5.91 Å². The molecule has 138 valence electrons. The molecule has 0 fully saturated rings. The summed E-state index contributed by atoms with van der Waals surface area (Å²) in [5, 5.41) is 11.2. The lowest BCUT2D eigenvalue weighted by Crippen LogP contribution is -2.12. The number of aromatic nitrogens is 3. The molecule has 0 unspecified atom stereocenters. The third kappa shape index (κ3) is 3.87. The molecule has 1 N–H and O–H groups in total. The minimum absolute atomic E-state index is 0.149. The Morgan fingerprint density at radius 3 is 2.46 bits per heavy atom. The van der Waals surface area contributed by atoms with Gasteiger partial charge in [-0.05, 0) is 61.0 Å². The van der Waals surface area contributed by atoms with E-state index in [1.54, 1.807) is 23.0 Å². The van der Waals surface area contributed by atoms with E-state index >= 15 is 0 Å². The highest BCUT2D eigenvalue weighted by atomic mass is 79.9. The number of aryl methyl sites for hydroxylation is 1. The molecule has 0 aliphatic heterocycles. The zero-order chi connectivity index (χ0) is 19.5. The van der Waals surface area contributed by atoms with Crippen molar-refractivity contribution in [2.24, 2.45) is 0 Å². The average molecular weight is 433 g/mol. The second-order valence-electron chi connectivity index (χ2n) is 6.41. The van der Waals surface area contributed by atoms with Crippen molar-refractivity contribution >= 4 is 27.5 Å². The molecule has 0 atom stereocenters. The number of hydrogen-bond acceptors (Lipinski definition) is 3. The SMILES string of the molecule is Cc1cccc(NC(=O)c2ccc(-n3nncc3-c3ccc(Br)cc3)cc2)c1. The number of nitrogens with one attached hydrogen (secondary N) is 1. The molecule has 0 spiro atoms. The van der Waals surface area contributed by atoms with Gasteiger partial charge >= 0.3 is 0 Å². The zero-order valence-electron chi connectivity index (χ0n) is 15.1. The van der Waals surface area contributed by atoms with Crippen molar-refractivity contribution in [3.8, 4) is 16.9 Å². The van der Waals surface area contributed by atoms with Crippen LogP contribution in [0.25, 0.3) is 16.9 Å². The van der Waals surface area contributed by atoms with Crippen LogP contribution in [0.1, 0.15) is 15.9 Å². The van der Waals surface area contributed by atoms with Gasteiger partial charge in [0, 0.05) is 21.3 Å². The molecule has 5 nitrogen and oxygen atoms in total. The molecule has 3 aromatic carbocycles. The van der Waals surface area contributed by atoms with E-state index in [9.17, 15) is 4.79 Å². The highest BCUT2D eigenvalue weighted by Gasteiger charge is 2.11. The smallest absolute Gasteiger partial charge is 0.255 e. The molecule has 0 saturated heterocycles. The van der Waals surface area contributed by atoms with Gasteiger partial charge in [0.05, 0.1) is 17.6 Å². The fourth-order valence-corrected chi connectivity index (χ4v) is 3.19. The minimum Gasteiger partial charge on any atom is -0.322 e. The summed E-state index contributed by atoms with van der Waals surface area (Å²) in [6.07, 6.45) is 1.72. The second kappa shape index (κ2) is 7.78. The molecule has 0 bridgehead atoms. The highest BCUT2D eigenvalue weighted by molar-refractivity contribution is 9.10. The molecule has 0 aliphatic rings. The van der Waals surface area contributed by atoms with E-state index in [0.717, 1.165) is 32.7 Å². The van der Waals surface area contributed by atoms with E-state index in [2.05, 4.69) is 31.6 Å². The molecule has 1 amide bonds. The van der Waals surface area contributed by atoms with E-state index in [0.29, 0.717) is 5.56 Å². The van der Waals surface area contributed by atoms with Crippen LogP contribution in [0.5, 0.6) is 0 Å². The lowest BCUT2D eigenvalue weighted by molar-refractivity contribution is 0.102. The van der Waals surface area contributed by atoms with Crippen LogP contribution in [0.4, 0.5) is 5.69 Å². The van der Waals surface area contributed by atoms with Crippen LogP contribution in [-0.2, 0) is 0 Å². The van der Waals surface area contributed by atoms with Crippen LogP contribution in [0.2, 0.25) is 0 Å². The number of amides is 1. The monoisotopic (exact) mass is 432 g/mol. The summed E-state index contributed by atoms with van der Waals surface area (Å²) in [4.78, 5) is 12.5. The predicted molar refractivity (Wildman–Crippen MR) is 114 cm³/mol. The summed E-state index contributed by atoms with van der Waals surface area (Å²) >= 11 is 3.45. The topological polar surface area (TPSA) is 59.8 Å². The van der Waals surface area contributed by atoms with Crippen LogP contribution in [0, 0.1) is 6.92 Å². The maximum absolute atomic E-state index is 12.5. The Bertz CT molecular complexity index is 1120. The van der Waals surface area contributed by atoms with Gasteiger partial charge in [-0.2, -0.15) is 0 Å². The van der Waals surface area contributed by atoms with Crippen molar-refractivity contribution in [2.45, 2.75) is 6.92 Å². The Balaban J connectivity index is 1.56. The van der Waals surface area contributed by atoms with Gasteiger partial charge in [0.15, 0.2) is 0 Å². The van der Waals surface area contributed by atoms with Gasteiger partial charge in [0.2, 0.25) is 0 Å². The number of hydrogen-bond donors (Lipinski definition) is 1. The fourth-order valence-electron chi connectivity index (χ4n) is 2.92. The van der Waals surface area contributed by atoms with Crippen molar-refractivity contribution in [1.82, 2.24) is 15.0 Å². The lowest BCUT2D eigenvalue weighted by Gasteiger charge is -2.09. The first-order chi connectivity index (χ1) is 13.6. The summed E-state index contributed by atoms with van der Waals surface area (Å²) in [7, 11) is 0. The molecule has 4 aromatic rings. The molecule has 28 heavy (non-hydrogen) atoms. The van der Waals surface area contributed by atoms with E-state index in [1.165, 1.54) is 0 Å². The van der Waals surface area contributed by atoms with Gasteiger partial charge in [-0.25, -0.2) is 4.68 Å². The lowest BCUT2D eigenvalue weighted by atomic mass is 10.1. The first kappa shape index (κ1) is 18.1. The molecule has 1 heterocycles. The van der Waals surface area contributed by atoms with Crippen molar-refractivity contribution in [1.29, 1.82) is 0 Å². The average Bonchev–Trinajstić information content (AvgIpc) is 3.18. The van der Waals surface area contributed by atoms with Crippen LogP contribution in [0.15, 0.2) is 83.5 Å². The quantitative estimate of drug-likeness (QED) is 0.478. The Kier molecular flexibility index (Phi) is 5.04.